The zero-order chi connectivity index (χ0) is 19.8. The molecule has 27 heavy (non-hydrogen) atoms. The van der Waals surface area contributed by atoms with Crippen molar-refractivity contribution >= 4 is 43.2 Å². The van der Waals surface area contributed by atoms with Crippen LogP contribution in [0.2, 0.25) is 5.02 Å². The van der Waals surface area contributed by atoms with Crippen molar-refractivity contribution in [2.45, 2.75) is 17.5 Å². The maximum atomic E-state index is 13.3. The number of fused-ring (bicyclic) bond motifs is 1. The standard InChI is InChI=1S/C16H12BrClF3NO4S/c17-9-2-3-15(10(6-9)16(19,20)21)27(23,24)22-12-8-14-13(7-11(12)18)25-4-1-5-26-14/h2-3,6-8,22H,1,4-5H2. The molecule has 146 valence electrons. The van der Waals surface area contributed by atoms with Crippen LogP contribution in [-0.4, -0.2) is 21.6 Å². The second-order valence-corrected chi connectivity index (χ2v) is 8.55. The largest absolute Gasteiger partial charge is 0.490 e. The maximum absolute atomic E-state index is 13.3. The summed E-state index contributed by atoms with van der Waals surface area (Å²) in [7, 11) is -4.57. The van der Waals surface area contributed by atoms with E-state index in [0.29, 0.717) is 31.5 Å². The lowest BCUT2D eigenvalue weighted by atomic mass is 10.2. The van der Waals surface area contributed by atoms with Gasteiger partial charge in [-0.1, -0.05) is 27.5 Å². The molecule has 2 aromatic rings. The number of nitrogens with one attached hydrogen (secondary N) is 1. The van der Waals surface area contributed by atoms with E-state index in [1.165, 1.54) is 18.2 Å². The first-order valence-electron chi connectivity index (χ1n) is 7.56. The van der Waals surface area contributed by atoms with Crippen LogP contribution in [0.4, 0.5) is 18.9 Å². The minimum Gasteiger partial charge on any atom is -0.490 e. The summed E-state index contributed by atoms with van der Waals surface area (Å²) in [4.78, 5) is -0.915. The third-order valence-electron chi connectivity index (χ3n) is 3.62. The van der Waals surface area contributed by atoms with Gasteiger partial charge in [0, 0.05) is 23.0 Å². The molecule has 1 heterocycles. The lowest BCUT2D eigenvalue weighted by molar-refractivity contribution is -0.139. The van der Waals surface area contributed by atoms with Gasteiger partial charge in [-0.25, -0.2) is 8.42 Å². The molecule has 1 N–H and O–H groups in total. The summed E-state index contributed by atoms with van der Waals surface area (Å²) >= 11 is 8.99. The van der Waals surface area contributed by atoms with E-state index in [1.807, 2.05) is 0 Å². The second kappa shape index (κ2) is 7.40. The quantitative estimate of drug-likeness (QED) is 0.657. The van der Waals surface area contributed by atoms with Gasteiger partial charge in [0.25, 0.3) is 10.0 Å². The van der Waals surface area contributed by atoms with Crippen molar-refractivity contribution in [2.24, 2.45) is 0 Å². The maximum Gasteiger partial charge on any atom is 0.417 e. The minimum absolute atomic E-state index is 0.0338. The van der Waals surface area contributed by atoms with Crippen LogP contribution in [0.1, 0.15) is 12.0 Å². The minimum atomic E-state index is -4.86. The second-order valence-electron chi connectivity index (χ2n) is 5.57. The van der Waals surface area contributed by atoms with E-state index in [-0.39, 0.29) is 20.9 Å². The Morgan fingerprint density at radius 3 is 2.33 bits per heavy atom. The molecule has 0 atom stereocenters. The van der Waals surface area contributed by atoms with Gasteiger partial charge in [0.05, 0.1) is 34.4 Å². The van der Waals surface area contributed by atoms with Crippen molar-refractivity contribution in [3.05, 3.63) is 45.4 Å². The number of ether oxygens (including phenoxy) is 2. The van der Waals surface area contributed by atoms with Gasteiger partial charge in [0.1, 0.15) is 0 Å². The molecule has 0 aromatic heterocycles. The Balaban J connectivity index is 2.02. The van der Waals surface area contributed by atoms with E-state index in [4.69, 9.17) is 21.1 Å². The average molecular weight is 487 g/mol. The highest BCUT2D eigenvalue weighted by atomic mass is 79.9. The molecule has 0 fully saturated rings. The molecule has 0 spiro atoms. The highest BCUT2D eigenvalue weighted by Crippen LogP contribution is 2.40. The van der Waals surface area contributed by atoms with Gasteiger partial charge in [0.15, 0.2) is 11.5 Å². The molecule has 5 nitrogen and oxygen atoms in total. The van der Waals surface area contributed by atoms with Crippen molar-refractivity contribution < 1.29 is 31.1 Å². The van der Waals surface area contributed by atoms with E-state index in [1.54, 1.807) is 0 Å². The SMILES string of the molecule is O=S(=O)(Nc1cc2c(cc1Cl)OCCCO2)c1ccc(Br)cc1C(F)(F)F. The third kappa shape index (κ3) is 4.44. The molecule has 2 aromatic carbocycles. The van der Waals surface area contributed by atoms with E-state index in [9.17, 15) is 21.6 Å². The van der Waals surface area contributed by atoms with E-state index < -0.39 is 26.7 Å². The van der Waals surface area contributed by atoms with Gasteiger partial charge >= 0.3 is 6.18 Å². The van der Waals surface area contributed by atoms with Crippen LogP contribution >= 0.6 is 27.5 Å². The number of hydrogen-bond donors (Lipinski definition) is 1. The van der Waals surface area contributed by atoms with Crippen LogP contribution in [-0.2, 0) is 16.2 Å². The number of alkyl halides is 3. The summed E-state index contributed by atoms with van der Waals surface area (Å²) in [6, 6.07) is 5.41. The number of hydrogen-bond acceptors (Lipinski definition) is 4. The van der Waals surface area contributed by atoms with Crippen LogP contribution in [0.15, 0.2) is 39.7 Å². The summed E-state index contributed by atoms with van der Waals surface area (Å²) in [5.74, 6) is 0.585. The lowest BCUT2D eigenvalue weighted by Crippen LogP contribution is -2.19. The van der Waals surface area contributed by atoms with Crippen LogP contribution in [0.3, 0.4) is 0 Å². The van der Waals surface area contributed by atoms with Crippen LogP contribution in [0.5, 0.6) is 11.5 Å². The number of anilines is 1. The summed E-state index contributed by atoms with van der Waals surface area (Å²) in [5, 5.41) is -0.0338. The first-order valence-corrected chi connectivity index (χ1v) is 10.2. The first-order chi connectivity index (χ1) is 12.6. The molecular weight excluding hydrogens is 475 g/mol. The molecule has 1 aliphatic heterocycles. The van der Waals surface area contributed by atoms with Crippen LogP contribution in [0, 0.1) is 0 Å². The Kier molecular flexibility index (Phi) is 5.51. The molecule has 0 aliphatic carbocycles. The predicted octanol–water partition coefficient (Wildman–Crippen LogP) is 5.08. The number of halogens is 5. The molecule has 0 saturated heterocycles. The fourth-order valence-electron chi connectivity index (χ4n) is 2.42. The normalized spacial score (nSPS) is 14.6. The molecule has 11 heteroatoms. The Morgan fingerprint density at radius 2 is 1.70 bits per heavy atom. The summed E-state index contributed by atoms with van der Waals surface area (Å²) < 4.78 is 78.1. The van der Waals surface area contributed by atoms with Crippen molar-refractivity contribution in [3.8, 4) is 11.5 Å². The Morgan fingerprint density at radius 1 is 1.07 bits per heavy atom. The van der Waals surface area contributed by atoms with Crippen molar-refractivity contribution in [2.75, 3.05) is 17.9 Å². The zero-order valence-corrected chi connectivity index (χ0v) is 16.6. The van der Waals surface area contributed by atoms with Crippen LogP contribution < -0.4 is 14.2 Å². The lowest BCUT2D eigenvalue weighted by Gasteiger charge is -2.16. The first kappa shape index (κ1) is 20.1. The van der Waals surface area contributed by atoms with E-state index >= 15 is 0 Å². The van der Waals surface area contributed by atoms with Gasteiger partial charge in [-0.05, 0) is 18.2 Å². The van der Waals surface area contributed by atoms with Crippen molar-refractivity contribution in [1.82, 2.24) is 0 Å². The molecule has 0 saturated carbocycles. The molecule has 1 aliphatic rings. The van der Waals surface area contributed by atoms with Crippen molar-refractivity contribution in [1.29, 1.82) is 0 Å². The summed E-state index contributed by atoms with van der Waals surface area (Å²) in [5.41, 5.74) is -1.41. The number of sulfonamides is 1. The Hall–Kier alpha value is -1.65. The van der Waals surface area contributed by atoms with Gasteiger partial charge in [-0.15, -0.1) is 0 Å². The highest BCUT2D eigenvalue weighted by molar-refractivity contribution is 9.10. The molecular formula is C16H12BrClF3NO4S. The fraction of sp³-hybridized carbons (Fsp3) is 0.250. The number of rotatable bonds is 3. The summed E-state index contributed by atoms with van der Waals surface area (Å²) in [6.07, 6.45) is -4.23. The zero-order valence-electron chi connectivity index (χ0n) is 13.4. The van der Waals surface area contributed by atoms with Gasteiger partial charge in [-0.2, -0.15) is 13.2 Å². The fourth-order valence-corrected chi connectivity index (χ4v) is 4.32. The predicted molar refractivity (Wildman–Crippen MR) is 97.0 cm³/mol. The Labute approximate surface area is 166 Å². The highest BCUT2D eigenvalue weighted by Gasteiger charge is 2.37. The van der Waals surface area contributed by atoms with Gasteiger partial charge < -0.3 is 9.47 Å². The monoisotopic (exact) mass is 485 g/mol. The smallest absolute Gasteiger partial charge is 0.417 e. The van der Waals surface area contributed by atoms with Crippen LogP contribution in [0.25, 0.3) is 0 Å². The van der Waals surface area contributed by atoms with Gasteiger partial charge in [-0.3, -0.25) is 4.72 Å². The number of benzene rings is 2. The molecule has 0 bridgehead atoms. The van der Waals surface area contributed by atoms with E-state index in [0.717, 1.165) is 6.07 Å². The average Bonchev–Trinajstić information content (AvgIpc) is 2.79. The Bertz CT molecular complexity index is 982. The topological polar surface area (TPSA) is 64.6 Å². The van der Waals surface area contributed by atoms with E-state index in [2.05, 4.69) is 20.7 Å². The van der Waals surface area contributed by atoms with Gasteiger partial charge in [0.2, 0.25) is 0 Å². The third-order valence-corrected chi connectivity index (χ3v) is 5.85. The molecule has 0 unspecified atom stereocenters. The molecule has 0 amide bonds. The van der Waals surface area contributed by atoms with Crippen molar-refractivity contribution in [3.63, 3.8) is 0 Å². The molecule has 3 rings (SSSR count). The molecule has 0 radical (unpaired) electrons. The summed E-state index contributed by atoms with van der Waals surface area (Å²) in [6.45, 7) is 0.758.